The minimum absolute atomic E-state index is 0.415. The van der Waals surface area contributed by atoms with Crippen molar-refractivity contribution in [3.05, 3.63) is 24.2 Å². The van der Waals surface area contributed by atoms with Crippen LogP contribution in [-0.4, -0.2) is 46.1 Å². The normalized spacial score (nSPS) is 26.8. The van der Waals surface area contributed by atoms with E-state index < -0.39 is 0 Å². The highest BCUT2D eigenvalue weighted by atomic mass is 15.3. The molecule has 2 fully saturated rings. The van der Waals surface area contributed by atoms with Crippen molar-refractivity contribution in [3.63, 3.8) is 0 Å². The van der Waals surface area contributed by atoms with Crippen LogP contribution < -0.4 is 5.32 Å². The average Bonchev–Trinajstić information content (AvgIpc) is 3.16. The van der Waals surface area contributed by atoms with E-state index in [0.717, 1.165) is 30.7 Å². The van der Waals surface area contributed by atoms with E-state index in [1.807, 2.05) is 12.3 Å². The monoisotopic (exact) mass is 299 g/mol. The van der Waals surface area contributed by atoms with Crippen molar-refractivity contribution >= 4 is 11.2 Å². The molecule has 2 aromatic rings. The molecule has 2 unspecified atom stereocenters. The van der Waals surface area contributed by atoms with Gasteiger partial charge < -0.3 is 5.32 Å². The number of pyridine rings is 1. The Morgan fingerprint density at radius 2 is 2.27 bits per heavy atom. The lowest BCUT2D eigenvalue weighted by atomic mass is 10.0. The molecular formula is C17H25N5. The lowest BCUT2D eigenvalue weighted by Gasteiger charge is -2.34. The van der Waals surface area contributed by atoms with Crippen molar-refractivity contribution < 1.29 is 0 Å². The van der Waals surface area contributed by atoms with Crippen LogP contribution in [0.4, 0.5) is 0 Å². The molecule has 2 saturated heterocycles. The third-order valence-corrected chi connectivity index (χ3v) is 5.19. The molecule has 2 aromatic heterocycles. The van der Waals surface area contributed by atoms with E-state index >= 15 is 0 Å². The van der Waals surface area contributed by atoms with Gasteiger partial charge in [0, 0.05) is 12.6 Å². The SMILES string of the molecule is CN1CCCCC1n1c(CC2CCNC2)nc2cccnc21. The molecule has 4 rings (SSSR count). The van der Waals surface area contributed by atoms with Gasteiger partial charge in [-0.25, -0.2) is 9.97 Å². The first-order valence-electron chi connectivity index (χ1n) is 8.56. The Morgan fingerprint density at radius 3 is 3.09 bits per heavy atom. The van der Waals surface area contributed by atoms with Gasteiger partial charge in [0.2, 0.25) is 0 Å². The van der Waals surface area contributed by atoms with Gasteiger partial charge in [-0.3, -0.25) is 9.47 Å². The molecule has 0 aliphatic carbocycles. The highest BCUT2D eigenvalue weighted by Crippen LogP contribution is 2.30. The maximum atomic E-state index is 4.93. The lowest BCUT2D eigenvalue weighted by molar-refractivity contribution is 0.127. The summed E-state index contributed by atoms with van der Waals surface area (Å²) < 4.78 is 2.42. The van der Waals surface area contributed by atoms with Crippen molar-refractivity contribution in [3.8, 4) is 0 Å². The molecule has 1 N–H and O–H groups in total. The summed E-state index contributed by atoms with van der Waals surface area (Å²) in [6, 6.07) is 4.09. The predicted molar refractivity (Wildman–Crippen MR) is 87.7 cm³/mol. The van der Waals surface area contributed by atoms with Gasteiger partial charge in [0.1, 0.15) is 11.3 Å². The van der Waals surface area contributed by atoms with Crippen molar-refractivity contribution in [1.29, 1.82) is 0 Å². The van der Waals surface area contributed by atoms with Crippen molar-refractivity contribution in [1.82, 2.24) is 24.8 Å². The van der Waals surface area contributed by atoms with Gasteiger partial charge in [-0.2, -0.15) is 0 Å². The Morgan fingerprint density at radius 1 is 1.32 bits per heavy atom. The maximum absolute atomic E-state index is 4.93. The second-order valence-electron chi connectivity index (χ2n) is 6.76. The van der Waals surface area contributed by atoms with Crippen LogP contribution in [-0.2, 0) is 6.42 Å². The molecule has 2 aliphatic heterocycles. The van der Waals surface area contributed by atoms with E-state index in [-0.39, 0.29) is 0 Å². The van der Waals surface area contributed by atoms with Gasteiger partial charge in [-0.1, -0.05) is 0 Å². The number of fused-ring (bicyclic) bond motifs is 1. The number of likely N-dealkylation sites (tertiary alicyclic amines) is 1. The molecule has 2 atom stereocenters. The van der Waals surface area contributed by atoms with E-state index in [1.54, 1.807) is 0 Å². The highest BCUT2D eigenvalue weighted by Gasteiger charge is 2.27. The Kier molecular flexibility index (Phi) is 3.84. The van der Waals surface area contributed by atoms with E-state index in [2.05, 4.69) is 32.9 Å². The van der Waals surface area contributed by atoms with E-state index in [9.17, 15) is 0 Å². The fourth-order valence-corrected chi connectivity index (χ4v) is 3.96. The van der Waals surface area contributed by atoms with Crippen molar-refractivity contribution in [2.75, 3.05) is 26.7 Å². The third-order valence-electron chi connectivity index (χ3n) is 5.19. The molecule has 5 heteroatoms. The van der Waals surface area contributed by atoms with E-state index in [0.29, 0.717) is 12.1 Å². The minimum Gasteiger partial charge on any atom is -0.316 e. The lowest BCUT2D eigenvalue weighted by Crippen LogP contribution is -2.34. The zero-order valence-corrected chi connectivity index (χ0v) is 13.3. The van der Waals surface area contributed by atoms with Crippen LogP contribution in [0.2, 0.25) is 0 Å². The van der Waals surface area contributed by atoms with Gasteiger partial charge >= 0.3 is 0 Å². The smallest absolute Gasteiger partial charge is 0.161 e. The van der Waals surface area contributed by atoms with Crippen LogP contribution in [0.15, 0.2) is 18.3 Å². The second kappa shape index (κ2) is 5.97. The first-order chi connectivity index (χ1) is 10.8. The summed E-state index contributed by atoms with van der Waals surface area (Å²) in [5, 5.41) is 3.47. The van der Waals surface area contributed by atoms with Crippen LogP contribution in [0.3, 0.4) is 0 Å². The number of imidazole rings is 1. The van der Waals surface area contributed by atoms with E-state index in [1.165, 1.54) is 38.1 Å². The van der Waals surface area contributed by atoms with Gasteiger partial charge in [0.05, 0.1) is 6.17 Å². The van der Waals surface area contributed by atoms with Crippen LogP contribution in [0.1, 0.15) is 37.7 Å². The molecule has 0 spiro atoms. The predicted octanol–water partition coefficient (Wildman–Crippen LogP) is 2.20. The summed E-state index contributed by atoms with van der Waals surface area (Å²) in [7, 11) is 2.24. The molecule has 22 heavy (non-hydrogen) atoms. The van der Waals surface area contributed by atoms with Gasteiger partial charge in [-0.05, 0) is 70.4 Å². The number of aromatic nitrogens is 3. The molecule has 0 amide bonds. The number of rotatable bonds is 3. The van der Waals surface area contributed by atoms with Crippen molar-refractivity contribution in [2.24, 2.45) is 5.92 Å². The Labute approximate surface area is 131 Å². The van der Waals surface area contributed by atoms with E-state index in [4.69, 9.17) is 4.98 Å². The molecule has 4 heterocycles. The molecule has 0 aromatic carbocycles. The van der Waals surface area contributed by atoms with Crippen molar-refractivity contribution in [2.45, 2.75) is 38.3 Å². The first kappa shape index (κ1) is 14.2. The summed E-state index contributed by atoms with van der Waals surface area (Å²) in [6.07, 6.45) is 8.43. The van der Waals surface area contributed by atoms with Gasteiger partial charge in [0.15, 0.2) is 5.65 Å². The summed E-state index contributed by atoms with van der Waals surface area (Å²) in [6.45, 7) is 3.44. The fraction of sp³-hybridized carbons (Fsp3) is 0.647. The second-order valence-corrected chi connectivity index (χ2v) is 6.76. The maximum Gasteiger partial charge on any atom is 0.161 e. The van der Waals surface area contributed by atoms with Crippen LogP contribution in [0.25, 0.3) is 11.2 Å². The number of nitrogens with zero attached hydrogens (tertiary/aromatic N) is 4. The molecule has 118 valence electrons. The number of nitrogens with one attached hydrogen (secondary N) is 1. The molecule has 5 nitrogen and oxygen atoms in total. The number of hydrogen-bond donors (Lipinski definition) is 1. The zero-order chi connectivity index (χ0) is 14.9. The molecular weight excluding hydrogens is 274 g/mol. The quantitative estimate of drug-likeness (QED) is 0.944. The molecule has 0 saturated carbocycles. The average molecular weight is 299 g/mol. The topological polar surface area (TPSA) is 46.0 Å². The fourth-order valence-electron chi connectivity index (χ4n) is 3.96. The molecule has 0 bridgehead atoms. The Balaban J connectivity index is 1.75. The minimum atomic E-state index is 0.415. The van der Waals surface area contributed by atoms with Gasteiger partial charge in [0.25, 0.3) is 0 Å². The van der Waals surface area contributed by atoms with Crippen LogP contribution in [0, 0.1) is 5.92 Å². The summed E-state index contributed by atoms with van der Waals surface area (Å²) >= 11 is 0. The Hall–Kier alpha value is -1.46. The largest absolute Gasteiger partial charge is 0.316 e. The summed E-state index contributed by atoms with van der Waals surface area (Å²) in [5.74, 6) is 1.94. The van der Waals surface area contributed by atoms with Crippen LogP contribution in [0.5, 0.6) is 0 Å². The number of piperidine rings is 1. The first-order valence-corrected chi connectivity index (χ1v) is 8.56. The molecule has 2 aliphatic rings. The summed E-state index contributed by atoms with van der Waals surface area (Å²) in [4.78, 5) is 12.0. The number of hydrogen-bond acceptors (Lipinski definition) is 4. The highest BCUT2D eigenvalue weighted by molar-refractivity contribution is 5.71. The Bertz CT molecular complexity index is 644. The third kappa shape index (κ3) is 2.52. The standard InChI is InChI=1S/C17H25N5/c1-21-10-3-2-6-16(21)22-15(11-13-7-9-18-12-13)20-14-5-4-8-19-17(14)22/h4-5,8,13,16,18H,2-3,6-7,9-12H2,1H3. The van der Waals surface area contributed by atoms with Crippen LogP contribution >= 0.6 is 0 Å². The van der Waals surface area contributed by atoms with Gasteiger partial charge in [-0.15, -0.1) is 0 Å². The summed E-state index contributed by atoms with van der Waals surface area (Å²) in [5.41, 5.74) is 2.10. The zero-order valence-electron chi connectivity index (χ0n) is 13.3. The molecule has 0 radical (unpaired) electrons.